The molecule has 2 fully saturated rings. The van der Waals surface area contributed by atoms with Crippen LogP contribution in [0.2, 0.25) is 0 Å². The van der Waals surface area contributed by atoms with Gasteiger partial charge < -0.3 is 10.3 Å². The Morgan fingerprint density at radius 3 is 2.65 bits per heavy atom. The molecule has 20 heavy (non-hydrogen) atoms. The maximum Gasteiger partial charge on any atom is 0.132 e. The van der Waals surface area contributed by atoms with Crippen LogP contribution in [0.15, 0.2) is 18.2 Å². The first-order valence-corrected chi connectivity index (χ1v) is 7.29. The van der Waals surface area contributed by atoms with Crippen LogP contribution in [-0.2, 0) is 0 Å². The third kappa shape index (κ3) is 1.82. The maximum atomic E-state index is 14.1. The van der Waals surface area contributed by atoms with E-state index in [0.717, 1.165) is 24.2 Å². The lowest BCUT2D eigenvalue weighted by atomic mass is 10.1. The van der Waals surface area contributed by atoms with E-state index < -0.39 is 0 Å². The minimum absolute atomic E-state index is 0.245. The van der Waals surface area contributed by atoms with Gasteiger partial charge in [-0.15, -0.1) is 0 Å². The molecule has 3 nitrogen and oxygen atoms in total. The van der Waals surface area contributed by atoms with E-state index in [2.05, 4.69) is 4.57 Å². The Kier molecular flexibility index (Phi) is 2.43. The smallest absolute Gasteiger partial charge is 0.132 e. The summed E-state index contributed by atoms with van der Waals surface area (Å²) in [5.74, 6) is 1.99. The fourth-order valence-corrected chi connectivity index (χ4v) is 2.83. The van der Waals surface area contributed by atoms with Gasteiger partial charge in [0.1, 0.15) is 23.2 Å². The van der Waals surface area contributed by atoms with E-state index in [1.165, 1.54) is 18.9 Å². The molecular weight excluding hydrogens is 253 g/mol. The molecule has 0 radical (unpaired) electrons. The fourth-order valence-electron chi connectivity index (χ4n) is 2.83. The highest BCUT2D eigenvalue weighted by molar-refractivity contribution is 5.72. The SMILES string of the molecule is Cc1ccc(F)c(-c2nc(C3CC3)n(C3CC3)c2N)c1. The van der Waals surface area contributed by atoms with Crippen LogP contribution in [0.3, 0.4) is 0 Å². The average molecular weight is 271 g/mol. The molecule has 2 aliphatic rings. The van der Waals surface area contributed by atoms with Gasteiger partial charge in [-0.25, -0.2) is 9.37 Å². The van der Waals surface area contributed by atoms with E-state index in [-0.39, 0.29) is 5.82 Å². The van der Waals surface area contributed by atoms with Crippen LogP contribution >= 0.6 is 0 Å². The van der Waals surface area contributed by atoms with Gasteiger partial charge in [-0.05, 0) is 44.7 Å². The zero-order valence-corrected chi connectivity index (χ0v) is 11.6. The topological polar surface area (TPSA) is 43.8 Å². The highest BCUT2D eigenvalue weighted by Gasteiger charge is 2.36. The first-order chi connectivity index (χ1) is 9.65. The van der Waals surface area contributed by atoms with Crippen LogP contribution in [0.1, 0.15) is 49.0 Å². The number of rotatable bonds is 3. The average Bonchev–Trinajstić information content (AvgIpc) is 3.31. The number of aromatic nitrogens is 2. The lowest BCUT2D eigenvalue weighted by Crippen LogP contribution is -2.04. The predicted molar refractivity (Wildman–Crippen MR) is 77.0 cm³/mol. The Bertz CT molecular complexity index is 681. The third-order valence-corrected chi connectivity index (χ3v) is 4.21. The van der Waals surface area contributed by atoms with Gasteiger partial charge in [-0.1, -0.05) is 11.6 Å². The Hall–Kier alpha value is -1.84. The molecule has 1 aromatic carbocycles. The van der Waals surface area contributed by atoms with E-state index >= 15 is 0 Å². The van der Waals surface area contributed by atoms with Crippen LogP contribution in [0.4, 0.5) is 10.2 Å². The summed E-state index contributed by atoms with van der Waals surface area (Å²) in [4.78, 5) is 4.70. The molecule has 0 amide bonds. The van der Waals surface area contributed by atoms with Crippen molar-refractivity contribution in [2.75, 3.05) is 5.73 Å². The zero-order chi connectivity index (χ0) is 13.9. The maximum absolute atomic E-state index is 14.1. The standard InChI is InChI=1S/C16H18FN3/c1-9-2-7-13(17)12(8-9)14-15(18)20(11-5-6-11)16(19-14)10-3-4-10/h2,7-8,10-11H,3-6,18H2,1H3. The lowest BCUT2D eigenvalue weighted by Gasteiger charge is -2.07. The minimum atomic E-state index is -0.245. The number of halogens is 1. The molecule has 0 unspecified atom stereocenters. The molecule has 2 aromatic rings. The number of anilines is 1. The highest BCUT2D eigenvalue weighted by Crippen LogP contribution is 2.48. The molecule has 4 rings (SSSR count). The van der Waals surface area contributed by atoms with Crippen LogP contribution in [0.5, 0.6) is 0 Å². The Balaban J connectivity index is 1.89. The van der Waals surface area contributed by atoms with Crippen molar-refractivity contribution in [1.29, 1.82) is 0 Å². The van der Waals surface area contributed by atoms with Crippen LogP contribution < -0.4 is 5.73 Å². The van der Waals surface area contributed by atoms with E-state index in [1.807, 2.05) is 13.0 Å². The Morgan fingerprint density at radius 1 is 1.25 bits per heavy atom. The van der Waals surface area contributed by atoms with Crippen molar-refractivity contribution >= 4 is 5.82 Å². The van der Waals surface area contributed by atoms with Gasteiger partial charge in [0.15, 0.2) is 0 Å². The fraction of sp³-hybridized carbons (Fsp3) is 0.438. The van der Waals surface area contributed by atoms with E-state index in [1.54, 1.807) is 6.07 Å². The summed E-state index contributed by atoms with van der Waals surface area (Å²) in [6, 6.07) is 5.59. The molecule has 0 bridgehead atoms. The van der Waals surface area contributed by atoms with Crippen molar-refractivity contribution in [3.8, 4) is 11.3 Å². The molecule has 0 aliphatic heterocycles. The summed E-state index contributed by atoms with van der Waals surface area (Å²) >= 11 is 0. The van der Waals surface area contributed by atoms with Crippen LogP contribution in [-0.4, -0.2) is 9.55 Å². The van der Waals surface area contributed by atoms with Crippen molar-refractivity contribution < 1.29 is 4.39 Å². The van der Waals surface area contributed by atoms with Crippen molar-refractivity contribution in [2.45, 2.75) is 44.6 Å². The molecule has 2 saturated carbocycles. The number of nitrogen functional groups attached to an aromatic ring is 1. The van der Waals surface area contributed by atoms with Crippen molar-refractivity contribution in [1.82, 2.24) is 9.55 Å². The van der Waals surface area contributed by atoms with Gasteiger partial charge in [-0.3, -0.25) is 0 Å². The van der Waals surface area contributed by atoms with Gasteiger partial charge in [0.05, 0.1) is 0 Å². The van der Waals surface area contributed by atoms with Gasteiger partial charge >= 0.3 is 0 Å². The molecule has 1 heterocycles. The summed E-state index contributed by atoms with van der Waals surface area (Å²) in [6.07, 6.45) is 4.68. The van der Waals surface area contributed by atoms with Gasteiger partial charge in [-0.2, -0.15) is 0 Å². The summed E-state index contributed by atoms with van der Waals surface area (Å²) in [7, 11) is 0. The first kappa shape index (κ1) is 11.9. The number of nitrogens with zero attached hydrogens (tertiary/aromatic N) is 2. The molecule has 0 atom stereocenters. The van der Waals surface area contributed by atoms with Gasteiger partial charge in [0.2, 0.25) is 0 Å². The lowest BCUT2D eigenvalue weighted by molar-refractivity contribution is 0.630. The van der Waals surface area contributed by atoms with E-state index in [9.17, 15) is 4.39 Å². The molecular formula is C16H18FN3. The van der Waals surface area contributed by atoms with Gasteiger partial charge in [0.25, 0.3) is 0 Å². The summed E-state index contributed by atoms with van der Waals surface area (Å²) in [6.45, 7) is 1.96. The zero-order valence-electron chi connectivity index (χ0n) is 11.6. The molecule has 2 N–H and O–H groups in total. The largest absolute Gasteiger partial charge is 0.383 e. The number of benzene rings is 1. The van der Waals surface area contributed by atoms with E-state index in [0.29, 0.717) is 29.0 Å². The molecule has 104 valence electrons. The summed E-state index contributed by atoms with van der Waals surface area (Å²) < 4.78 is 16.3. The van der Waals surface area contributed by atoms with Gasteiger partial charge in [0, 0.05) is 17.5 Å². The number of imidazole rings is 1. The highest BCUT2D eigenvalue weighted by atomic mass is 19.1. The molecule has 1 aromatic heterocycles. The predicted octanol–water partition coefficient (Wildman–Crippen LogP) is 3.79. The van der Waals surface area contributed by atoms with Crippen molar-refractivity contribution in [3.05, 3.63) is 35.4 Å². The van der Waals surface area contributed by atoms with E-state index in [4.69, 9.17) is 10.7 Å². The minimum Gasteiger partial charge on any atom is -0.383 e. The third-order valence-electron chi connectivity index (χ3n) is 4.21. The second-order valence-corrected chi connectivity index (χ2v) is 6.06. The normalized spacial score (nSPS) is 18.5. The van der Waals surface area contributed by atoms with Crippen molar-refractivity contribution in [2.24, 2.45) is 0 Å². The molecule has 0 spiro atoms. The summed E-state index contributed by atoms with van der Waals surface area (Å²) in [5, 5.41) is 0. The molecule has 2 aliphatic carbocycles. The molecule has 4 heteroatoms. The monoisotopic (exact) mass is 271 g/mol. The molecule has 0 saturated heterocycles. The first-order valence-electron chi connectivity index (χ1n) is 7.29. The Labute approximate surface area is 117 Å². The number of aryl methyl sites for hydroxylation is 1. The van der Waals surface area contributed by atoms with Crippen LogP contribution in [0, 0.1) is 12.7 Å². The number of nitrogens with two attached hydrogens (primary N) is 1. The number of hydrogen-bond donors (Lipinski definition) is 1. The summed E-state index contributed by atoms with van der Waals surface area (Å²) in [5.41, 5.74) is 8.47. The second-order valence-electron chi connectivity index (χ2n) is 6.06. The van der Waals surface area contributed by atoms with Crippen LogP contribution in [0.25, 0.3) is 11.3 Å². The quantitative estimate of drug-likeness (QED) is 0.923. The number of hydrogen-bond acceptors (Lipinski definition) is 2. The Morgan fingerprint density at radius 2 is 2.00 bits per heavy atom. The van der Waals surface area contributed by atoms with Crippen molar-refractivity contribution in [3.63, 3.8) is 0 Å². The second kappa shape index (κ2) is 4.08.